The van der Waals surface area contributed by atoms with E-state index in [1.807, 2.05) is 0 Å². The summed E-state index contributed by atoms with van der Waals surface area (Å²) in [4.78, 5) is 40.3. The van der Waals surface area contributed by atoms with Crippen LogP contribution in [0, 0.1) is 11.8 Å². The van der Waals surface area contributed by atoms with Gasteiger partial charge >= 0.3 is 17.6 Å². The zero-order chi connectivity index (χ0) is 21.9. The SMILES string of the molecule is CC(C)[C@H](N)C(=O)OC1C[C@@H](n2ccc(N)nc2=O)O[C@H]1OC(=O)[C@@H](N)C(C)C. The second kappa shape index (κ2) is 9.33. The van der Waals surface area contributed by atoms with Gasteiger partial charge in [0, 0.05) is 12.6 Å². The highest BCUT2D eigenvalue weighted by molar-refractivity contribution is 5.77. The van der Waals surface area contributed by atoms with Gasteiger partial charge in [0.1, 0.15) is 24.1 Å². The van der Waals surface area contributed by atoms with Gasteiger partial charge < -0.3 is 31.4 Å². The van der Waals surface area contributed by atoms with Crippen molar-refractivity contribution in [3.8, 4) is 0 Å². The average molecular weight is 411 g/mol. The van der Waals surface area contributed by atoms with E-state index < -0.39 is 48.3 Å². The predicted molar refractivity (Wildman–Crippen MR) is 103 cm³/mol. The van der Waals surface area contributed by atoms with Crippen LogP contribution in [-0.4, -0.2) is 46.0 Å². The molecule has 2 rings (SSSR count). The minimum absolute atomic E-state index is 0.0525. The van der Waals surface area contributed by atoms with Gasteiger partial charge in [-0.3, -0.25) is 14.2 Å². The third-order valence-electron chi connectivity index (χ3n) is 4.67. The summed E-state index contributed by atoms with van der Waals surface area (Å²) in [5.41, 5.74) is 16.5. The number of hydrogen-bond acceptors (Lipinski definition) is 10. The second-order valence-corrected chi connectivity index (χ2v) is 7.69. The van der Waals surface area contributed by atoms with Crippen molar-refractivity contribution in [1.29, 1.82) is 0 Å². The van der Waals surface area contributed by atoms with Crippen LogP contribution in [0.4, 0.5) is 5.82 Å². The van der Waals surface area contributed by atoms with Crippen molar-refractivity contribution in [2.75, 3.05) is 5.73 Å². The van der Waals surface area contributed by atoms with Crippen molar-refractivity contribution in [1.82, 2.24) is 9.55 Å². The van der Waals surface area contributed by atoms with E-state index in [2.05, 4.69) is 4.98 Å². The lowest BCUT2D eigenvalue weighted by atomic mass is 10.1. The first-order chi connectivity index (χ1) is 13.5. The Morgan fingerprint density at radius 1 is 1.14 bits per heavy atom. The van der Waals surface area contributed by atoms with Crippen LogP contribution in [0.3, 0.4) is 0 Å². The van der Waals surface area contributed by atoms with E-state index in [0.717, 1.165) is 0 Å². The maximum Gasteiger partial charge on any atom is 0.351 e. The molecule has 1 fully saturated rings. The van der Waals surface area contributed by atoms with Gasteiger partial charge in [0.25, 0.3) is 0 Å². The zero-order valence-electron chi connectivity index (χ0n) is 17.0. The van der Waals surface area contributed by atoms with Crippen molar-refractivity contribution in [2.45, 2.75) is 64.8 Å². The second-order valence-electron chi connectivity index (χ2n) is 7.69. The molecular weight excluding hydrogens is 382 g/mol. The largest absolute Gasteiger partial charge is 0.454 e. The maximum absolute atomic E-state index is 12.3. The summed E-state index contributed by atoms with van der Waals surface area (Å²) in [6.07, 6.45) is -1.64. The first kappa shape index (κ1) is 22.8. The minimum atomic E-state index is -1.25. The Morgan fingerprint density at radius 2 is 1.69 bits per heavy atom. The van der Waals surface area contributed by atoms with Crippen LogP contribution < -0.4 is 22.9 Å². The van der Waals surface area contributed by atoms with Crippen molar-refractivity contribution in [3.05, 3.63) is 22.7 Å². The summed E-state index contributed by atoms with van der Waals surface area (Å²) in [5, 5.41) is 0. The molecule has 1 saturated heterocycles. The van der Waals surface area contributed by atoms with E-state index in [0.29, 0.717) is 0 Å². The number of anilines is 1. The number of nitrogens with zero attached hydrogens (tertiary/aromatic N) is 2. The molecule has 0 bridgehead atoms. The lowest BCUT2D eigenvalue weighted by molar-refractivity contribution is -0.203. The summed E-state index contributed by atoms with van der Waals surface area (Å²) in [7, 11) is 0. The van der Waals surface area contributed by atoms with Crippen molar-refractivity contribution >= 4 is 17.8 Å². The molecule has 0 amide bonds. The van der Waals surface area contributed by atoms with Gasteiger partial charge in [-0.1, -0.05) is 27.7 Å². The third-order valence-corrected chi connectivity index (χ3v) is 4.67. The molecule has 1 aliphatic rings. The van der Waals surface area contributed by atoms with Gasteiger partial charge in [0.05, 0.1) is 0 Å². The fourth-order valence-corrected chi connectivity index (χ4v) is 2.60. The lowest BCUT2D eigenvalue weighted by Gasteiger charge is -2.23. The number of carbonyl (C=O) groups is 2. The van der Waals surface area contributed by atoms with Gasteiger partial charge in [0.2, 0.25) is 6.29 Å². The third kappa shape index (κ3) is 5.52. The van der Waals surface area contributed by atoms with Gasteiger partial charge in [-0.25, -0.2) is 4.79 Å². The highest BCUT2D eigenvalue weighted by Crippen LogP contribution is 2.31. The number of hydrogen-bond donors (Lipinski definition) is 3. The van der Waals surface area contributed by atoms with Gasteiger partial charge in [0.15, 0.2) is 6.10 Å². The number of nitrogen functional groups attached to an aromatic ring is 1. The fraction of sp³-hybridized carbons (Fsp3) is 0.667. The Bertz CT molecular complexity index is 759. The standard InChI is InChI=1S/C18H29N5O6/c1-8(2)13(20)15(24)27-10-7-12(23-6-5-11(19)22-18(23)26)28-17(10)29-16(25)14(21)9(3)4/h5-6,8-10,12-14,17H,7,20-21H2,1-4H3,(H2,19,22,26)/t10?,12-,13-,14-,17-/m0/s1. The van der Waals surface area contributed by atoms with E-state index in [9.17, 15) is 14.4 Å². The normalized spacial score (nSPS) is 23.8. The molecule has 1 unspecified atom stereocenters. The summed E-state index contributed by atoms with van der Waals surface area (Å²) < 4.78 is 17.6. The first-order valence-corrected chi connectivity index (χ1v) is 9.43. The van der Waals surface area contributed by atoms with E-state index in [-0.39, 0.29) is 24.1 Å². The van der Waals surface area contributed by atoms with E-state index in [1.54, 1.807) is 27.7 Å². The predicted octanol–water partition coefficient (Wildman–Crippen LogP) is -0.508. The molecule has 0 aliphatic carbocycles. The maximum atomic E-state index is 12.3. The van der Waals surface area contributed by atoms with E-state index >= 15 is 0 Å². The van der Waals surface area contributed by atoms with Crippen LogP contribution >= 0.6 is 0 Å². The fourth-order valence-electron chi connectivity index (χ4n) is 2.60. The monoisotopic (exact) mass is 411 g/mol. The summed E-state index contributed by atoms with van der Waals surface area (Å²) in [6.45, 7) is 7.09. The van der Waals surface area contributed by atoms with Gasteiger partial charge in [-0.2, -0.15) is 4.98 Å². The lowest BCUT2D eigenvalue weighted by Crippen LogP contribution is -2.44. The molecular formula is C18H29N5O6. The Balaban J connectivity index is 2.22. The molecule has 162 valence electrons. The number of nitrogens with two attached hydrogens (primary N) is 3. The average Bonchev–Trinajstić information content (AvgIpc) is 3.01. The highest BCUT2D eigenvalue weighted by Gasteiger charge is 2.43. The molecule has 0 aromatic carbocycles. The molecule has 5 atom stereocenters. The van der Waals surface area contributed by atoms with Crippen molar-refractivity contribution in [3.63, 3.8) is 0 Å². The molecule has 29 heavy (non-hydrogen) atoms. The molecule has 6 N–H and O–H groups in total. The van der Waals surface area contributed by atoms with E-state index in [1.165, 1.54) is 16.8 Å². The number of carbonyl (C=O) groups excluding carboxylic acids is 2. The summed E-state index contributed by atoms with van der Waals surface area (Å²) in [6, 6.07) is -0.314. The van der Waals surface area contributed by atoms with Crippen LogP contribution in [-0.2, 0) is 23.8 Å². The van der Waals surface area contributed by atoms with Crippen LogP contribution in [0.1, 0.15) is 40.3 Å². The summed E-state index contributed by atoms with van der Waals surface area (Å²) >= 11 is 0. The quantitative estimate of drug-likeness (QED) is 0.496. The molecule has 1 aliphatic heterocycles. The smallest absolute Gasteiger partial charge is 0.351 e. The number of aromatic nitrogens is 2. The Morgan fingerprint density at radius 3 is 2.21 bits per heavy atom. The minimum Gasteiger partial charge on any atom is -0.454 e. The Kier molecular flexibility index (Phi) is 7.33. The van der Waals surface area contributed by atoms with Crippen LogP contribution in [0.2, 0.25) is 0 Å². The van der Waals surface area contributed by atoms with Crippen LogP contribution in [0.15, 0.2) is 17.1 Å². The van der Waals surface area contributed by atoms with Crippen LogP contribution in [0.25, 0.3) is 0 Å². The van der Waals surface area contributed by atoms with Crippen molar-refractivity contribution < 1.29 is 23.8 Å². The molecule has 11 nitrogen and oxygen atoms in total. The zero-order valence-corrected chi connectivity index (χ0v) is 17.0. The molecule has 1 aromatic heterocycles. The molecule has 11 heteroatoms. The Hall–Kier alpha value is -2.50. The Labute approximate surface area is 168 Å². The molecule has 0 radical (unpaired) electrons. The van der Waals surface area contributed by atoms with Gasteiger partial charge in [-0.15, -0.1) is 0 Å². The number of esters is 2. The molecule has 1 aromatic rings. The first-order valence-electron chi connectivity index (χ1n) is 9.43. The van der Waals surface area contributed by atoms with E-state index in [4.69, 9.17) is 31.4 Å². The molecule has 0 spiro atoms. The van der Waals surface area contributed by atoms with Crippen molar-refractivity contribution in [2.24, 2.45) is 23.3 Å². The number of rotatable bonds is 7. The summed E-state index contributed by atoms with van der Waals surface area (Å²) in [5.74, 6) is -1.63. The van der Waals surface area contributed by atoms with Crippen LogP contribution in [0.5, 0.6) is 0 Å². The highest BCUT2D eigenvalue weighted by atomic mass is 16.7. The topological polar surface area (TPSA) is 175 Å². The molecule has 0 saturated carbocycles. The number of ether oxygens (including phenoxy) is 3. The molecule has 2 heterocycles. The van der Waals surface area contributed by atoms with Gasteiger partial charge in [-0.05, 0) is 17.9 Å².